The Kier molecular flexibility index (Phi) is 5.28. The molecule has 1 aliphatic heterocycles. The number of aliphatic hydroxyl groups excluding tert-OH is 1. The summed E-state index contributed by atoms with van der Waals surface area (Å²) in [5.41, 5.74) is 5.48. The summed E-state index contributed by atoms with van der Waals surface area (Å²) in [5, 5.41) is 18.3. The topological polar surface area (TPSA) is 47.3 Å². The lowest BCUT2D eigenvalue weighted by molar-refractivity contribution is 0.257. The molecule has 1 saturated heterocycles. The number of aliphatic hydroxyl groups is 1. The number of benzene rings is 2. The van der Waals surface area contributed by atoms with Gasteiger partial charge >= 0.3 is 0 Å². The van der Waals surface area contributed by atoms with E-state index in [4.69, 9.17) is 5.41 Å². The maximum Gasteiger partial charge on any atom is 0.0973 e. The third-order valence-electron chi connectivity index (χ3n) is 6.37. The van der Waals surface area contributed by atoms with E-state index in [-0.39, 0.29) is 16.8 Å². The Balaban J connectivity index is 1.50. The highest BCUT2D eigenvalue weighted by Gasteiger charge is 2.46. The number of aryl methyl sites for hydroxylation is 1. The molecule has 148 valence electrons. The molecule has 0 aromatic heterocycles. The van der Waals surface area contributed by atoms with Gasteiger partial charge in [-0.05, 0) is 48.9 Å². The molecule has 4 rings (SSSR count). The molecular formula is C24H30N2OS. The van der Waals surface area contributed by atoms with Crippen molar-refractivity contribution < 1.29 is 5.11 Å². The van der Waals surface area contributed by atoms with Crippen LogP contribution in [0.5, 0.6) is 0 Å². The smallest absolute Gasteiger partial charge is 0.0973 e. The van der Waals surface area contributed by atoms with Crippen LogP contribution >= 0.6 is 11.8 Å². The standard InChI is InChI=1S/C24H30N2OS/c1-18-5-3-4-6-21(18)19-7-9-20(10-8-19)24(11-12-24)16-26-13-14-28-23(2,17-27)15-22(26)25/h3-10,25,27H,11-17H2,1-2H3. The van der Waals surface area contributed by atoms with Crippen LogP contribution in [0.4, 0.5) is 0 Å². The van der Waals surface area contributed by atoms with Crippen molar-refractivity contribution >= 4 is 17.6 Å². The second kappa shape index (κ2) is 7.57. The highest BCUT2D eigenvalue weighted by Crippen LogP contribution is 2.49. The van der Waals surface area contributed by atoms with Crippen molar-refractivity contribution in [1.82, 2.24) is 4.90 Å². The Morgan fingerprint density at radius 2 is 1.82 bits per heavy atom. The first-order valence-corrected chi connectivity index (χ1v) is 11.2. The van der Waals surface area contributed by atoms with Gasteiger partial charge in [-0.2, -0.15) is 11.8 Å². The van der Waals surface area contributed by atoms with Crippen LogP contribution < -0.4 is 0 Å². The first-order valence-electron chi connectivity index (χ1n) is 10.2. The Bertz CT molecular complexity index is 859. The van der Waals surface area contributed by atoms with Gasteiger partial charge in [0, 0.05) is 35.4 Å². The van der Waals surface area contributed by atoms with Crippen LogP contribution in [0, 0.1) is 12.3 Å². The van der Waals surface area contributed by atoms with Gasteiger partial charge in [0.1, 0.15) is 0 Å². The molecule has 0 amide bonds. The van der Waals surface area contributed by atoms with Gasteiger partial charge in [-0.15, -0.1) is 0 Å². The van der Waals surface area contributed by atoms with E-state index in [1.807, 2.05) is 0 Å². The lowest BCUT2D eigenvalue weighted by Gasteiger charge is -2.30. The molecule has 2 aliphatic rings. The van der Waals surface area contributed by atoms with Crippen LogP contribution in [-0.2, 0) is 5.41 Å². The third kappa shape index (κ3) is 3.85. The number of hydrogen-bond donors (Lipinski definition) is 2. The molecule has 0 bridgehead atoms. The van der Waals surface area contributed by atoms with E-state index >= 15 is 0 Å². The highest BCUT2D eigenvalue weighted by molar-refractivity contribution is 8.00. The highest BCUT2D eigenvalue weighted by atomic mass is 32.2. The summed E-state index contributed by atoms with van der Waals surface area (Å²) >= 11 is 1.80. The number of nitrogens with zero attached hydrogens (tertiary/aromatic N) is 1. The molecule has 4 heteroatoms. The van der Waals surface area contributed by atoms with Crippen LogP contribution in [0.3, 0.4) is 0 Å². The monoisotopic (exact) mass is 394 g/mol. The van der Waals surface area contributed by atoms with Crippen molar-refractivity contribution in [1.29, 1.82) is 5.41 Å². The Labute approximate surface area is 172 Å². The van der Waals surface area contributed by atoms with Gasteiger partial charge in [0.15, 0.2) is 0 Å². The van der Waals surface area contributed by atoms with Gasteiger partial charge in [0.05, 0.1) is 12.4 Å². The summed E-state index contributed by atoms with van der Waals surface area (Å²) in [6.07, 6.45) is 3.05. The molecule has 2 N–H and O–H groups in total. The van der Waals surface area contributed by atoms with Crippen molar-refractivity contribution in [2.24, 2.45) is 0 Å². The Morgan fingerprint density at radius 3 is 2.46 bits per heavy atom. The summed E-state index contributed by atoms with van der Waals surface area (Å²) in [6, 6.07) is 17.6. The van der Waals surface area contributed by atoms with Gasteiger partial charge < -0.3 is 10.0 Å². The van der Waals surface area contributed by atoms with Gasteiger partial charge in [0.25, 0.3) is 0 Å². The molecule has 2 fully saturated rings. The van der Waals surface area contributed by atoms with E-state index in [2.05, 4.69) is 67.3 Å². The molecule has 28 heavy (non-hydrogen) atoms. The maximum atomic E-state index is 9.71. The van der Waals surface area contributed by atoms with Crippen molar-refractivity contribution in [3.05, 3.63) is 59.7 Å². The molecule has 1 heterocycles. The lowest BCUT2D eigenvalue weighted by Crippen LogP contribution is -2.39. The van der Waals surface area contributed by atoms with Gasteiger partial charge in [-0.25, -0.2) is 0 Å². The quantitative estimate of drug-likeness (QED) is 0.761. The molecule has 1 unspecified atom stereocenters. The average molecular weight is 395 g/mol. The number of rotatable bonds is 5. The summed E-state index contributed by atoms with van der Waals surface area (Å²) < 4.78 is -0.211. The molecule has 0 radical (unpaired) electrons. The number of nitrogens with one attached hydrogen (secondary N) is 1. The van der Waals surface area contributed by atoms with E-state index in [0.29, 0.717) is 12.3 Å². The summed E-state index contributed by atoms with van der Waals surface area (Å²) in [6.45, 7) is 6.21. The number of amidine groups is 1. The minimum atomic E-state index is -0.211. The van der Waals surface area contributed by atoms with E-state index in [9.17, 15) is 5.11 Å². The minimum Gasteiger partial charge on any atom is -0.395 e. The van der Waals surface area contributed by atoms with E-state index in [1.54, 1.807) is 11.8 Å². The summed E-state index contributed by atoms with van der Waals surface area (Å²) in [5.74, 6) is 1.66. The van der Waals surface area contributed by atoms with Crippen molar-refractivity contribution in [2.75, 3.05) is 25.4 Å². The number of hydrogen-bond acceptors (Lipinski definition) is 3. The number of thioether (sulfide) groups is 1. The normalized spacial score (nSPS) is 24.1. The second-order valence-corrected chi connectivity index (χ2v) is 10.4. The molecule has 3 nitrogen and oxygen atoms in total. The van der Waals surface area contributed by atoms with E-state index in [1.165, 1.54) is 35.1 Å². The van der Waals surface area contributed by atoms with Crippen molar-refractivity contribution in [3.63, 3.8) is 0 Å². The average Bonchev–Trinajstić information content (AvgIpc) is 3.49. The molecule has 1 aliphatic carbocycles. The fourth-order valence-electron chi connectivity index (χ4n) is 4.28. The fourth-order valence-corrected chi connectivity index (χ4v) is 5.42. The first kappa shape index (κ1) is 19.5. The molecule has 2 aromatic rings. The van der Waals surface area contributed by atoms with Crippen LogP contribution in [0.2, 0.25) is 0 Å². The fraction of sp³-hybridized carbons (Fsp3) is 0.458. The van der Waals surface area contributed by atoms with Crippen LogP contribution in [0.25, 0.3) is 11.1 Å². The van der Waals surface area contributed by atoms with Gasteiger partial charge in [-0.1, -0.05) is 48.5 Å². The predicted octanol–water partition coefficient (Wildman–Crippen LogP) is 4.86. The minimum absolute atomic E-state index is 0.138. The first-order chi connectivity index (χ1) is 13.4. The largest absolute Gasteiger partial charge is 0.395 e. The molecule has 0 spiro atoms. The molecule has 1 saturated carbocycles. The van der Waals surface area contributed by atoms with Crippen molar-refractivity contribution in [2.45, 2.75) is 43.3 Å². The van der Waals surface area contributed by atoms with E-state index < -0.39 is 0 Å². The third-order valence-corrected chi connectivity index (χ3v) is 7.73. The Morgan fingerprint density at radius 1 is 1.11 bits per heavy atom. The Hall–Kier alpha value is -1.78. The van der Waals surface area contributed by atoms with Crippen LogP contribution in [-0.4, -0.2) is 46.0 Å². The SMILES string of the molecule is Cc1ccccc1-c1ccc(C2(CN3CCSC(C)(CO)CC3=N)CC2)cc1. The molecule has 1 atom stereocenters. The van der Waals surface area contributed by atoms with E-state index in [0.717, 1.165) is 18.8 Å². The van der Waals surface area contributed by atoms with Gasteiger partial charge in [0.2, 0.25) is 0 Å². The van der Waals surface area contributed by atoms with Crippen LogP contribution in [0.15, 0.2) is 48.5 Å². The maximum absolute atomic E-state index is 9.71. The zero-order valence-electron chi connectivity index (χ0n) is 16.9. The summed E-state index contributed by atoms with van der Waals surface area (Å²) in [7, 11) is 0. The zero-order valence-corrected chi connectivity index (χ0v) is 17.7. The lowest BCUT2D eigenvalue weighted by atomic mass is 9.92. The van der Waals surface area contributed by atoms with Gasteiger partial charge in [-0.3, -0.25) is 5.41 Å². The molecular weight excluding hydrogens is 364 g/mol. The predicted molar refractivity (Wildman–Crippen MR) is 119 cm³/mol. The second-order valence-electron chi connectivity index (χ2n) is 8.67. The molecule has 2 aromatic carbocycles. The zero-order chi connectivity index (χ0) is 19.8. The summed E-state index contributed by atoms with van der Waals surface area (Å²) in [4.78, 5) is 2.26. The van der Waals surface area contributed by atoms with Crippen LogP contribution in [0.1, 0.15) is 37.3 Å². The van der Waals surface area contributed by atoms with Crippen molar-refractivity contribution in [3.8, 4) is 11.1 Å².